The van der Waals surface area contributed by atoms with Crippen LogP contribution in [0.1, 0.15) is 55.2 Å². The van der Waals surface area contributed by atoms with Gasteiger partial charge in [0.1, 0.15) is 5.04 Å². The van der Waals surface area contributed by atoms with E-state index >= 15 is 0 Å². The molecule has 0 radical (unpaired) electrons. The van der Waals surface area contributed by atoms with Crippen molar-refractivity contribution < 1.29 is 9.90 Å². The van der Waals surface area contributed by atoms with Crippen LogP contribution in [0.15, 0.2) is 53.8 Å². The van der Waals surface area contributed by atoms with Crippen molar-refractivity contribution in [1.82, 2.24) is 4.98 Å². The van der Waals surface area contributed by atoms with Crippen LogP contribution < -0.4 is 0 Å². The Hall–Kier alpha value is -2.40. The van der Waals surface area contributed by atoms with E-state index in [1.807, 2.05) is 30.6 Å². The van der Waals surface area contributed by atoms with Crippen molar-refractivity contribution >= 4 is 34.0 Å². The molecule has 0 spiro atoms. The van der Waals surface area contributed by atoms with Crippen LogP contribution in [0, 0.1) is 0 Å². The second kappa shape index (κ2) is 9.51. The van der Waals surface area contributed by atoms with E-state index in [-0.39, 0.29) is 6.42 Å². The molecule has 2 heterocycles. The van der Waals surface area contributed by atoms with E-state index in [0.717, 1.165) is 59.5 Å². The zero-order valence-corrected chi connectivity index (χ0v) is 16.3. The van der Waals surface area contributed by atoms with E-state index in [0.29, 0.717) is 0 Å². The average molecular weight is 381 g/mol. The largest absolute Gasteiger partial charge is 0.481 e. The number of aromatic nitrogens is 1. The molecule has 1 aromatic carbocycles. The second-order valence-electron chi connectivity index (χ2n) is 6.52. The summed E-state index contributed by atoms with van der Waals surface area (Å²) in [6.07, 6.45) is 13.1. The molecule has 5 heteroatoms. The Morgan fingerprint density at radius 1 is 1.07 bits per heavy atom. The van der Waals surface area contributed by atoms with E-state index in [9.17, 15) is 4.79 Å². The van der Waals surface area contributed by atoms with E-state index in [1.165, 1.54) is 5.57 Å². The first-order chi connectivity index (χ1) is 13.2. The standard InChI is InChI=1S/C22H24N2O2S/c1-27-22-18-13-14-23-15-19(18)16(17-10-7-8-11-20(17)24-22)9-5-3-2-4-6-12-21(25)26/h7-11,13-15H,2-6,12H2,1H3,(H,25,26)/b16-9+. The van der Waals surface area contributed by atoms with Crippen LogP contribution in [-0.4, -0.2) is 27.4 Å². The first-order valence-electron chi connectivity index (χ1n) is 9.29. The number of allylic oxidation sites excluding steroid dienone is 1. The number of carboxylic acids is 1. The molecule has 0 bridgehead atoms. The third-order valence-corrected chi connectivity index (χ3v) is 5.34. The topological polar surface area (TPSA) is 62.5 Å². The average Bonchev–Trinajstić information content (AvgIpc) is 2.82. The summed E-state index contributed by atoms with van der Waals surface area (Å²) in [5, 5.41) is 9.72. The van der Waals surface area contributed by atoms with Crippen molar-refractivity contribution in [3.8, 4) is 0 Å². The highest BCUT2D eigenvalue weighted by Gasteiger charge is 2.20. The van der Waals surface area contributed by atoms with Crippen LogP contribution in [0.3, 0.4) is 0 Å². The van der Waals surface area contributed by atoms with Gasteiger partial charge in [-0.05, 0) is 43.2 Å². The molecule has 0 atom stereocenters. The van der Waals surface area contributed by atoms with E-state index in [4.69, 9.17) is 10.1 Å². The Kier molecular flexibility index (Phi) is 6.82. The smallest absolute Gasteiger partial charge is 0.303 e. The normalized spacial score (nSPS) is 14.3. The minimum absolute atomic E-state index is 0.266. The van der Waals surface area contributed by atoms with Crippen molar-refractivity contribution in [1.29, 1.82) is 0 Å². The van der Waals surface area contributed by atoms with Gasteiger partial charge < -0.3 is 5.11 Å². The summed E-state index contributed by atoms with van der Waals surface area (Å²) in [5.74, 6) is -0.708. The molecule has 0 fully saturated rings. The van der Waals surface area contributed by atoms with Crippen LogP contribution in [-0.2, 0) is 4.79 Å². The van der Waals surface area contributed by atoms with Crippen LogP contribution in [0.4, 0.5) is 5.69 Å². The molecule has 0 aliphatic carbocycles. The number of para-hydroxylation sites is 1. The number of pyridine rings is 1. The van der Waals surface area contributed by atoms with Crippen LogP contribution >= 0.6 is 11.8 Å². The highest BCUT2D eigenvalue weighted by Crippen LogP contribution is 2.38. The molecule has 0 amide bonds. The number of aliphatic carboxylic acids is 1. The lowest BCUT2D eigenvalue weighted by atomic mass is 9.94. The SMILES string of the molecule is CSC1=Nc2ccccc2/C(=C\CCCCCCC(=O)O)c2cnccc21. The minimum Gasteiger partial charge on any atom is -0.481 e. The maximum atomic E-state index is 10.6. The number of carboxylic acid groups (broad SMARTS) is 1. The predicted octanol–water partition coefficient (Wildman–Crippen LogP) is 5.69. The molecule has 0 saturated carbocycles. The first kappa shape index (κ1) is 19.4. The molecule has 1 aromatic heterocycles. The summed E-state index contributed by atoms with van der Waals surface area (Å²) >= 11 is 1.65. The number of benzene rings is 1. The van der Waals surface area contributed by atoms with Gasteiger partial charge in [0.05, 0.1) is 5.69 Å². The van der Waals surface area contributed by atoms with Gasteiger partial charge in [-0.1, -0.05) is 37.1 Å². The Balaban J connectivity index is 1.82. The number of thioether (sulfide) groups is 1. The summed E-state index contributed by atoms with van der Waals surface area (Å²) in [4.78, 5) is 19.8. The number of hydrogen-bond acceptors (Lipinski definition) is 4. The molecule has 27 heavy (non-hydrogen) atoms. The van der Waals surface area contributed by atoms with Crippen molar-refractivity contribution in [2.24, 2.45) is 4.99 Å². The van der Waals surface area contributed by atoms with Crippen molar-refractivity contribution in [2.45, 2.75) is 38.5 Å². The summed E-state index contributed by atoms with van der Waals surface area (Å²) in [6, 6.07) is 10.3. The van der Waals surface area contributed by atoms with Crippen molar-refractivity contribution in [3.05, 3.63) is 65.5 Å². The molecule has 0 unspecified atom stereocenters. The monoisotopic (exact) mass is 380 g/mol. The number of hydrogen-bond donors (Lipinski definition) is 1. The summed E-state index contributed by atoms with van der Waals surface area (Å²) in [7, 11) is 0. The Bertz CT molecular complexity index is 874. The third kappa shape index (κ3) is 4.86. The molecule has 0 saturated heterocycles. The van der Waals surface area contributed by atoms with Gasteiger partial charge in [0, 0.05) is 35.5 Å². The first-order valence-corrected chi connectivity index (χ1v) is 10.5. The lowest BCUT2D eigenvalue weighted by molar-refractivity contribution is -0.137. The number of rotatable bonds is 7. The minimum atomic E-state index is -0.708. The Labute approximate surface area is 164 Å². The molecular weight excluding hydrogens is 356 g/mol. The highest BCUT2D eigenvalue weighted by atomic mass is 32.2. The summed E-state index contributed by atoms with van der Waals surface area (Å²) < 4.78 is 0. The number of unbranched alkanes of at least 4 members (excludes halogenated alkanes) is 4. The van der Waals surface area contributed by atoms with Gasteiger partial charge >= 0.3 is 5.97 Å². The maximum Gasteiger partial charge on any atom is 0.303 e. The number of carbonyl (C=O) groups is 1. The fraction of sp³-hybridized carbons (Fsp3) is 0.318. The number of nitrogens with zero attached hydrogens (tertiary/aromatic N) is 2. The van der Waals surface area contributed by atoms with Gasteiger partial charge in [-0.25, -0.2) is 4.99 Å². The number of fused-ring (bicyclic) bond motifs is 2. The lowest BCUT2D eigenvalue weighted by Gasteiger charge is -2.11. The molecule has 1 aliphatic rings. The summed E-state index contributed by atoms with van der Waals surface area (Å²) in [5.41, 5.74) is 5.57. The molecule has 1 aliphatic heterocycles. The van der Waals surface area contributed by atoms with Gasteiger partial charge in [-0.15, -0.1) is 11.8 Å². The van der Waals surface area contributed by atoms with Gasteiger partial charge in [0.25, 0.3) is 0 Å². The lowest BCUT2D eigenvalue weighted by Crippen LogP contribution is -1.99. The summed E-state index contributed by atoms with van der Waals surface area (Å²) in [6.45, 7) is 0. The van der Waals surface area contributed by atoms with E-state index in [2.05, 4.69) is 29.4 Å². The molecule has 2 aromatic rings. The van der Waals surface area contributed by atoms with Gasteiger partial charge in [-0.3, -0.25) is 9.78 Å². The van der Waals surface area contributed by atoms with Crippen LogP contribution in [0.2, 0.25) is 0 Å². The molecule has 1 N–H and O–H groups in total. The highest BCUT2D eigenvalue weighted by molar-refractivity contribution is 8.13. The van der Waals surface area contributed by atoms with E-state index < -0.39 is 5.97 Å². The number of aliphatic imine (C=N–C) groups is 1. The van der Waals surface area contributed by atoms with Gasteiger partial charge in [0.15, 0.2) is 0 Å². The zero-order valence-electron chi connectivity index (χ0n) is 15.5. The molecule has 4 nitrogen and oxygen atoms in total. The van der Waals surface area contributed by atoms with Crippen molar-refractivity contribution in [3.63, 3.8) is 0 Å². The zero-order chi connectivity index (χ0) is 19.1. The maximum absolute atomic E-state index is 10.6. The quantitative estimate of drug-likeness (QED) is 0.627. The fourth-order valence-electron chi connectivity index (χ4n) is 3.31. The fourth-order valence-corrected chi connectivity index (χ4v) is 3.89. The van der Waals surface area contributed by atoms with Gasteiger partial charge in [-0.2, -0.15) is 0 Å². The van der Waals surface area contributed by atoms with Crippen LogP contribution in [0.25, 0.3) is 5.57 Å². The van der Waals surface area contributed by atoms with Crippen molar-refractivity contribution in [2.75, 3.05) is 6.26 Å². The Morgan fingerprint density at radius 2 is 1.89 bits per heavy atom. The Morgan fingerprint density at radius 3 is 2.70 bits per heavy atom. The van der Waals surface area contributed by atoms with Crippen LogP contribution in [0.5, 0.6) is 0 Å². The molecular formula is C22H24N2O2S. The molecule has 140 valence electrons. The van der Waals surface area contributed by atoms with E-state index in [1.54, 1.807) is 11.8 Å². The predicted molar refractivity (Wildman–Crippen MR) is 113 cm³/mol. The van der Waals surface area contributed by atoms with Gasteiger partial charge in [0.2, 0.25) is 0 Å². The second-order valence-corrected chi connectivity index (χ2v) is 7.32. The molecule has 3 rings (SSSR count). The third-order valence-electron chi connectivity index (χ3n) is 4.64.